The van der Waals surface area contributed by atoms with Crippen molar-refractivity contribution in [1.82, 2.24) is 10.6 Å². The van der Waals surface area contributed by atoms with Crippen LogP contribution < -0.4 is 20.1 Å². The Labute approximate surface area is 112 Å². The summed E-state index contributed by atoms with van der Waals surface area (Å²) in [5.74, 6) is 1.60. The number of benzene rings is 1. The molecule has 2 heterocycles. The molecule has 5 heteroatoms. The molecule has 1 fully saturated rings. The third kappa shape index (κ3) is 2.38. The largest absolute Gasteiger partial charge is 0.486 e. The van der Waals surface area contributed by atoms with E-state index >= 15 is 0 Å². The summed E-state index contributed by atoms with van der Waals surface area (Å²) in [4.78, 5) is 12.0. The Bertz CT molecular complexity index is 503. The molecule has 2 aliphatic rings. The van der Waals surface area contributed by atoms with Crippen LogP contribution in [0.15, 0.2) is 18.2 Å². The van der Waals surface area contributed by atoms with Gasteiger partial charge in [-0.05, 0) is 31.0 Å². The molecule has 0 spiro atoms. The second-order valence-corrected chi connectivity index (χ2v) is 5.17. The molecule has 1 saturated heterocycles. The van der Waals surface area contributed by atoms with E-state index in [0.717, 1.165) is 23.6 Å². The van der Waals surface area contributed by atoms with Gasteiger partial charge in [-0.2, -0.15) is 0 Å². The summed E-state index contributed by atoms with van der Waals surface area (Å²) in [5, 5.41) is 6.19. The van der Waals surface area contributed by atoms with Crippen LogP contribution in [0.4, 0.5) is 0 Å². The van der Waals surface area contributed by atoms with Crippen molar-refractivity contribution in [2.75, 3.05) is 26.3 Å². The molecule has 2 aliphatic heterocycles. The van der Waals surface area contributed by atoms with Gasteiger partial charge in [0.05, 0.1) is 5.54 Å². The normalized spacial score (nSPS) is 25.8. The van der Waals surface area contributed by atoms with E-state index in [4.69, 9.17) is 9.47 Å². The average molecular weight is 262 g/mol. The first-order valence-electron chi connectivity index (χ1n) is 6.59. The van der Waals surface area contributed by atoms with Gasteiger partial charge in [0.2, 0.25) is 5.91 Å². The van der Waals surface area contributed by atoms with E-state index in [0.29, 0.717) is 26.2 Å². The predicted octanol–water partition coefficient (Wildman–Crippen LogP) is 0.478. The molecule has 1 amide bonds. The van der Waals surface area contributed by atoms with Gasteiger partial charge in [-0.25, -0.2) is 0 Å². The zero-order valence-corrected chi connectivity index (χ0v) is 11.0. The minimum Gasteiger partial charge on any atom is -0.486 e. The van der Waals surface area contributed by atoms with Gasteiger partial charge in [0.15, 0.2) is 11.5 Å². The Kier molecular flexibility index (Phi) is 3.06. The highest BCUT2D eigenvalue weighted by Crippen LogP contribution is 2.31. The summed E-state index contributed by atoms with van der Waals surface area (Å²) < 4.78 is 11.1. The van der Waals surface area contributed by atoms with Crippen LogP contribution >= 0.6 is 0 Å². The number of amides is 1. The van der Waals surface area contributed by atoms with E-state index in [1.165, 1.54) is 0 Å². The standard InChI is InChI=1S/C14H18N2O3/c1-14(13(17)15-4-5-16-14)9-10-2-3-11-12(8-10)19-7-6-18-11/h2-3,8,16H,4-7,9H2,1H3,(H,15,17). The Hall–Kier alpha value is -1.75. The fraction of sp³-hybridized carbons (Fsp3) is 0.500. The number of hydrogen-bond acceptors (Lipinski definition) is 4. The molecule has 1 aromatic rings. The lowest BCUT2D eigenvalue weighted by molar-refractivity contribution is -0.128. The molecule has 1 unspecified atom stereocenters. The highest BCUT2D eigenvalue weighted by molar-refractivity contribution is 5.87. The highest BCUT2D eigenvalue weighted by Gasteiger charge is 2.35. The molecular weight excluding hydrogens is 244 g/mol. The van der Waals surface area contributed by atoms with E-state index < -0.39 is 5.54 Å². The van der Waals surface area contributed by atoms with Gasteiger partial charge >= 0.3 is 0 Å². The smallest absolute Gasteiger partial charge is 0.240 e. The lowest BCUT2D eigenvalue weighted by atomic mass is 9.90. The van der Waals surface area contributed by atoms with E-state index in [1.54, 1.807) is 0 Å². The molecule has 0 bridgehead atoms. The van der Waals surface area contributed by atoms with Crippen molar-refractivity contribution in [3.05, 3.63) is 23.8 Å². The van der Waals surface area contributed by atoms with Crippen molar-refractivity contribution in [2.45, 2.75) is 18.9 Å². The van der Waals surface area contributed by atoms with Crippen LogP contribution in [0, 0.1) is 0 Å². The van der Waals surface area contributed by atoms with Crippen molar-refractivity contribution in [3.63, 3.8) is 0 Å². The molecule has 5 nitrogen and oxygen atoms in total. The molecule has 0 radical (unpaired) electrons. The average Bonchev–Trinajstić information content (AvgIpc) is 2.42. The maximum Gasteiger partial charge on any atom is 0.240 e. The Morgan fingerprint density at radius 1 is 1.21 bits per heavy atom. The van der Waals surface area contributed by atoms with Crippen molar-refractivity contribution >= 4 is 5.91 Å². The van der Waals surface area contributed by atoms with Crippen LogP contribution in [0.5, 0.6) is 11.5 Å². The Morgan fingerprint density at radius 2 is 2.00 bits per heavy atom. The fourth-order valence-electron chi connectivity index (χ4n) is 2.54. The SMILES string of the molecule is CC1(Cc2ccc3c(c2)OCCO3)NCCNC1=O. The maximum absolute atomic E-state index is 12.0. The van der Waals surface area contributed by atoms with Gasteiger partial charge in [0.25, 0.3) is 0 Å². The minimum atomic E-state index is -0.554. The summed E-state index contributed by atoms with van der Waals surface area (Å²) in [6, 6.07) is 5.86. The van der Waals surface area contributed by atoms with Gasteiger partial charge in [0, 0.05) is 13.1 Å². The van der Waals surface area contributed by atoms with E-state index in [2.05, 4.69) is 10.6 Å². The van der Waals surface area contributed by atoms with Crippen LogP contribution in [0.25, 0.3) is 0 Å². The molecule has 3 rings (SSSR count). The van der Waals surface area contributed by atoms with E-state index in [1.807, 2.05) is 25.1 Å². The van der Waals surface area contributed by atoms with Crippen molar-refractivity contribution in [1.29, 1.82) is 0 Å². The topological polar surface area (TPSA) is 59.6 Å². The zero-order valence-electron chi connectivity index (χ0n) is 11.0. The lowest BCUT2D eigenvalue weighted by Gasteiger charge is -2.34. The molecule has 102 valence electrons. The lowest BCUT2D eigenvalue weighted by Crippen LogP contribution is -2.62. The molecule has 0 aromatic heterocycles. The Morgan fingerprint density at radius 3 is 2.79 bits per heavy atom. The quantitative estimate of drug-likeness (QED) is 0.814. The van der Waals surface area contributed by atoms with Crippen molar-refractivity contribution in [3.8, 4) is 11.5 Å². The number of fused-ring (bicyclic) bond motifs is 1. The number of ether oxygens (including phenoxy) is 2. The van der Waals surface area contributed by atoms with E-state index in [9.17, 15) is 4.79 Å². The van der Waals surface area contributed by atoms with Gasteiger partial charge in [0.1, 0.15) is 13.2 Å². The summed E-state index contributed by atoms with van der Waals surface area (Å²) in [5.41, 5.74) is 0.512. The van der Waals surface area contributed by atoms with E-state index in [-0.39, 0.29) is 5.91 Å². The number of piperazine rings is 1. The number of carbonyl (C=O) groups excluding carboxylic acids is 1. The molecule has 19 heavy (non-hydrogen) atoms. The van der Waals surface area contributed by atoms with Crippen molar-refractivity contribution < 1.29 is 14.3 Å². The number of carbonyl (C=O) groups is 1. The molecule has 1 aromatic carbocycles. The van der Waals surface area contributed by atoms with Gasteiger partial charge in [-0.3, -0.25) is 4.79 Å². The number of rotatable bonds is 2. The molecule has 2 N–H and O–H groups in total. The first-order chi connectivity index (χ1) is 9.17. The van der Waals surface area contributed by atoms with Gasteiger partial charge < -0.3 is 20.1 Å². The predicted molar refractivity (Wildman–Crippen MR) is 70.6 cm³/mol. The van der Waals surface area contributed by atoms with Crippen LogP contribution in [0.1, 0.15) is 12.5 Å². The molecule has 0 aliphatic carbocycles. The number of hydrogen-bond donors (Lipinski definition) is 2. The highest BCUT2D eigenvalue weighted by atomic mass is 16.6. The Balaban J connectivity index is 1.81. The van der Waals surface area contributed by atoms with Crippen LogP contribution in [-0.4, -0.2) is 37.7 Å². The second-order valence-electron chi connectivity index (χ2n) is 5.17. The fourth-order valence-corrected chi connectivity index (χ4v) is 2.54. The maximum atomic E-state index is 12.0. The van der Waals surface area contributed by atoms with Crippen molar-refractivity contribution in [2.24, 2.45) is 0 Å². The minimum absolute atomic E-state index is 0.0497. The first-order valence-corrected chi connectivity index (χ1v) is 6.59. The van der Waals surface area contributed by atoms with Gasteiger partial charge in [-0.15, -0.1) is 0 Å². The summed E-state index contributed by atoms with van der Waals surface area (Å²) in [6.45, 7) is 4.58. The van der Waals surface area contributed by atoms with Crippen LogP contribution in [0.3, 0.4) is 0 Å². The molecular formula is C14H18N2O3. The zero-order chi connectivity index (χ0) is 13.3. The van der Waals surface area contributed by atoms with Crippen LogP contribution in [0.2, 0.25) is 0 Å². The second kappa shape index (κ2) is 4.74. The molecule has 0 saturated carbocycles. The number of nitrogens with one attached hydrogen (secondary N) is 2. The monoisotopic (exact) mass is 262 g/mol. The third-order valence-electron chi connectivity index (χ3n) is 3.59. The van der Waals surface area contributed by atoms with Crippen LogP contribution in [-0.2, 0) is 11.2 Å². The third-order valence-corrected chi connectivity index (χ3v) is 3.59. The first kappa shape index (κ1) is 12.3. The summed E-state index contributed by atoms with van der Waals surface area (Å²) in [7, 11) is 0. The molecule has 1 atom stereocenters. The summed E-state index contributed by atoms with van der Waals surface area (Å²) in [6.07, 6.45) is 0.634. The summed E-state index contributed by atoms with van der Waals surface area (Å²) >= 11 is 0. The van der Waals surface area contributed by atoms with Gasteiger partial charge in [-0.1, -0.05) is 6.07 Å².